The molecule has 5 heteroatoms. The number of nitrogens with one attached hydrogen (secondary N) is 3. The average molecular weight is 405 g/mol. The van der Waals surface area contributed by atoms with Gasteiger partial charge in [0, 0.05) is 43.0 Å². The molecule has 0 bridgehead atoms. The van der Waals surface area contributed by atoms with E-state index < -0.39 is 0 Å². The van der Waals surface area contributed by atoms with Crippen LogP contribution in [0.3, 0.4) is 0 Å². The van der Waals surface area contributed by atoms with Crippen molar-refractivity contribution in [2.45, 2.75) is 44.7 Å². The normalized spacial score (nSPS) is 16.4. The van der Waals surface area contributed by atoms with Crippen LogP contribution in [0.4, 0.5) is 17.1 Å². The first-order valence-corrected chi connectivity index (χ1v) is 11.0. The first-order chi connectivity index (χ1) is 14.7. The fourth-order valence-corrected chi connectivity index (χ4v) is 4.57. The van der Waals surface area contributed by atoms with E-state index in [2.05, 4.69) is 40.0 Å². The number of rotatable bonds is 6. The second kappa shape index (κ2) is 9.35. The predicted octanol–water partition coefficient (Wildman–Crippen LogP) is 4.94. The van der Waals surface area contributed by atoms with Crippen LogP contribution >= 0.6 is 0 Å². The summed E-state index contributed by atoms with van der Waals surface area (Å²) in [4.78, 5) is 15.5. The van der Waals surface area contributed by atoms with Crippen molar-refractivity contribution in [3.05, 3.63) is 59.2 Å². The van der Waals surface area contributed by atoms with Gasteiger partial charge in [0.2, 0.25) is 0 Å². The van der Waals surface area contributed by atoms with Crippen molar-refractivity contribution in [3.63, 3.8) is 0 Å². The first-order valence-electron chi connectivity index (χ1n) is 11.0. The third kappa shape index (κ3) is 4.51. The summed E-state index contributed by atoms with van der Waals surface area (Å²) < 4.78 is 0. The zero-order valence-corrected chi connectivity index (χ0v) is 18.0. The minimum Gasteiger partial charge on any atom is -0.386 e. The first kappa shape index (κ1) is 20.5. The lowest BCUT2D eigenvalue weighted by molar-refractivity contribution is -0.112. The fourth-order valence-electron chi connectivity index (χ4n) is 4.57. The lowest BCUT2D eigenvalue weighted by atomic mass is 9.94. The number of hydrogen-bond donors (Lipinski definition) is 3. The van der Waals surface area contributed by atoms with Crippen molar-refractivity contribution >= 4 is 29.0 Å². The molecule has 1 heterocycles. The summed E-state index contributed by atoms with van der Waals surface area (Å²) in [5.74, 6) is -0.0456. The summed E-state index contributed by atoms with van der Waals surface area (Å²) in [6.45, 7) is 1.37. The van der Waals surface area contributed by atoms with Crippen LogP contribution in [0.1, 0.15) is 43.2 Å². The van der Waals surface area contributed by atoms with Gasteiger partial charge in [-0.15, -0.1) is 0 Å². The molecule has 0 saturated heterocycles. The Labute approximate surface area is 179 Å². The van der Waals surface area contributed by atoms with Gasteiger partial charge in [-0.05, 0) is 43.7 Å². The van der Waals surface area contributed by atoms with Crippen molar-refractivity contribution in [1.29, 1.82) is 0 Å². The average Bonchev–Trinajstić information content (AvgIpc) is 2.80. The van der Waals surface area contributed by atoms with E-state index in [1.54, 1.807) is 0 Å². The van der Waals surface area contributed by atoms with E-state index in [-0.39, 0.29) is 5.91 Å². The molecule has 4 rings (SSSR count). The second-order valence-electron chi connectivity index (χ2n) is 8.36. The highest BCUT2D eigenvalue weighted by molar-refractivity contribution is 6.09. The second-order valence-corrected chi connectivity index (χ2v) is 8.36. The van der Waals surface area contributed by atoms with Crippen LogP contribution in [-0.4, -0.2) is 37.5 Å². The Morgan fingerprint density at radius 2 is 1.83 bits per heavy atom. The van der Waals surface area contributed by atoms with Gasteiger partial charge in [-0.2, -0.15) is 0 Å². The predicted molar refractivity (Wildman–Crippen MR) is 126 cm³/mol. The van der Waals surface area contributed by atoms with Crippen LogP contribution in [0, 0.1) is 0 Å². The Bertz CT molecular complexity index is 930. The van der Waals surface area contributed by atoms with E-state index in [0.717, 1.165) is 34.7 Å². The molecule has 1 aliphatic heterocycles. The molecule has 1 amide bonds. The molecule has 158 valence electrons. The lowest BCUT2D eigenvalue weighted by Gasteiger charge is -2.31. The maximum atomic E-state index is 13.0. The molecule has 3 N–H and O–H groups in total. The van der Waals surface area contributed by atoms with Gasteiger partial charge in [-0.1, -0.05) is 49.6 Å². The van der Waals surface area contributed by atoms with Gasteiger partial charge in [0.1, 0.15) is 0 Å². The van der Waals surface area contributed by atoms with E-state index in [1.807, 2.05) is 43.5 Å². The molecule has 0 unspecified atom stereocenters. The summed E-state index contributed by atoms with van der Waals surface area (Å²) in [6, 6.07) is 14.9. The van der Waals surface area contributed by atoms with Gasteiger partial charge in [0.15, 0.2) is 0 Å². The minimum atomic E-state index is -0.0456. The molecule has 2 aromatic rings. The standard InChI is InChI=1S/C25H32N4O/c1-26-23-14-8-10-18-15-20(16-27-24(18)23)25(30)28-22-13-7-6-9-19(22)17-29(2)21-11-4-3-5-12-21/h6-10,13-15,21,26-27H,3-5,11-12,16-17H2,1-2H3,(H,28,30). The molecule has 30 heavy (non-hydrogen) atoms. The zero-order valence-electron chi connectivity index (χ0n) is 18.0. The third-order valence-electron chi connectivity index (χ3n) is 6.33. The van der Waals surface area contributed by atoms with E-state index in [4.69, 9.17) is 0 Å². The van der Waals surface area contributed by atoms with E-state index >= 15 is 0 Å². The maximum Gasteiger partial charge on any atom is 0.253 e. The quantitative estimate of drug-likeness (QED) is 0.638. The number of nitrogens with zero attached hydrogens (tertiary/aromatic N) is 1. The van der Waals surface area contributed by atoms with Gasteiger partial charge in [0.05, 0.1) is 11.4 Å². The Balaban J connectivity index is 1.48. The Morgan fingerprint density at radius 3 is 2.63 bits per heavy atom. The largest absolute Gasteiger partial charge is 0.386 e. The molecular formula is C25H32N4O. The van der Waals surface area contributed by atoms with Crippen LogP contribution in [-0.2, 0) is 11.3 Å². The summed E-state index contributed by atoms with van der Waals surface area (Å²) in [6.07, 6.45) is 8.55. The van der Waals surface area contributed by atoms with Gasteiger partial charge < -0.3 is 16.0 Å². The molecule has 0 aromatic heterocycles. The number of carbonyl (C=O) groups is 1. The van der Waals surface area contributed by atoms with Gasteiger partial charge in [-0.25, -0.2) is 0 Å². The van der Waals surface area contributed by atoms with Crippen molar-refractivity contribution in [2.24, 2.45) is 0 Å². The highest BCUT2D eigenvalue weighted by Crippen LogP contribution is 2.31. The van der Waals surface area contributed by atoms with Crippen molar-refractivity contribution < 1.29 is 4.79 Å². The molecule has 0 spiro atoms. The summed E-state index contributed by atoms with van der Waals surface area (Å²) in [7, 11) is 4.11. The van der Waals surface area contributed by atoms with Gasteiger partial charge in [-0.3, -0.25) is 9.69 Å². The number of benzene rings is 2. The van der Waals surface area contributed by atoms with Crippen LogP contribution in [0.15, 0.2) is 48.0 Å². The zero-order chi connectivity index (χ0) is 20.9. The van der Waals surface area contributed by atoms with E-state index in [1.165, 1.54) is 37.7 Å². The minimum absolute atomic E-state index is 0.0456. The van der Waals surface area contributed by atoms with Crippen LogP contribution < -0.4 is 16.0 Å². The fraction of sp³-hybridized carbons (Fsp3) is 0.400. The molecule has 1 aliphatic carbocycles. The SMILES string of the molecule is CNc1cccc2c1NCC(C(=O)Nc1ccccc1CN(C)C1CCCCC1)=C2. The monoisotopic (exact) mass is 404 g/mol. The van der Waals surface area contributed by atoms with Crippen molar-refractivity contribution in [3.8, 4) is 0 Å². The molecule has 5 nitrogen and oxygen atoms in total. The molecular weight excluding hydrogens is 372 g/mol. The highest BCUT2D eigenvalue weighted by Gasteiger charge is 2.21. The van der Waals surface area contributed by atoms with Crippen molar-refractivity contribution in [1.82, 2.24) is 4.90 Å². The maximum absolute atomic E-state index is 13.0. The van der Waals surface area contributed by atoms with E-state index in [0.29, 0.717) is 12.6 Å². The van der Waals surface area contributed by atoms with Gasteiger partial charge in [0.25, 0.3) is 5.91 Å². The smallest absolute Gasteiger partial charge is 0.253 e. The van der Waals surface area contributed by atoms with Crippen LogP contribution in [0.5, 0.6) is 0 Å². The molecule has 1 saturated carbocycles. The number of para-hydroxylation sites is 2. The van der Waals surface area contributed by atoms with Gasteiger partial charge >= 0.3 is 0 Å². The Morgan fingerprint density at radius 1 is 1.07 bits per heavy atom. The molecule has 2 aliphatic rings. The number of amides is 1. The van der Waals surface area contributed by atoms with Crippen LogP contribution in [0.25, 0.3) is 6.08 Å². The molecule has 0 atom stereocenters. The summed E-state index contributed by atoms with van der Waals surface area (Å²) in [5, 5.41) is 9.74. The topological polar surface area (TPSA) is 56.4 Å². The lowest BCUT2D eigenvalue weighted by Crippen LogP contribution is -2.33. The number of hydrogen-bond acceptors (Lipinski definition) is 4. The van der Waals surface area contributed by atoms with Crippen LogP contribution in [0.2, 0.25) is 0 Å². The van der Waals surface area contributed by atoms with E-state index in [9.17, 15) is 4.79 Å². The number of fused-ring (bicyclic) bond motifs is 1. The molecule has 1 fully saturated rings. The highest BCUT2D eigenvalue weighted by atomic mass is 16.1. The van der Waals surface area contributed by atoms with Crippen molar-refractivity contribution in [2.75, 3.05) is 36.6 Å². The molecule has 2 aromatic carbocycles. The number of anilines is 3. The third-order valence-corrected chi connectivity index (χ3v) is 6.33. The molecule has 0 radical (unpaired) electrons. The Kier molecular flexibility index (Phi) is 6.38. The number of carbonyl (C=O) groups excluding carboxylic acids is 1. The summed E-state index contributed by atoms with van der Waals surface area (Å²) >= 11 is 0. The summed E-state index contributed by atoms with van der Waals surface area (Å²) in [5.41, 5.74) is 5.93. The Hall–Kier alpha value is -2.79.